The lowest BCUT2D eigenvalue weighted by Gasteiger charge is -2.20. The van der Waals surface area contributed by atoms with Crippen molar-refractivity contribution in [3.8, 4) is 5.75 Å². The summed E-state index contributed by atoms with van der Waals surface area (Å²) >= 11 is 1.31. The Kier molecular flexibility index (Phi) is 4.30. The first-order valence-electron chi connectivity index (χ1n) is 7.25. The minimum atomic E-state index is -0.463. The Balaban J connectivity index is 1.88. The summed E-state index contributed by atoms with van der Waals surface area (Å²) in [5.74, 6) is -0.438. The molecule has 0 saturated heterocycles. The van der Waals surface area contributed by atoms with Crippen molar-refractivity contribution >= 4 is 45.8 Å². The molecule has 7 nitrogen and oxygen atoms in total. The number of thioether (sulfide) groups is 1. The molecular formula is C16H14N4O3S. The highest BCUT2D eigenvalue weighted by Gasteiger charge is 2.34. The lowest BCUT2D eigenvalue weighted by Crippen LogP contribution is -2.35. The zero-order valence-electron chi connectivity index (χ0n) is 13.1. The van der Waals surface area contributed by atoms with Crippen molar-refractivity contribution < 1.29 is 14.3 Å². The van der Waals surface area contributed by atoms with Gasteiger partial charge in [-0.3, -0.25) is 15.0 Å². The second-order valence-corrected chi connectivity index (χ2v) is 6.07. The predicted octanol–water partition coefficient (Wildman–Crippen LogP) is 2.64. The summed E-state index contributed by atoms with van der Waals surface area (Å²) in [5, 5.41) is 15.1. The van der Waals surface area contributed by atoms with Gasteiger partial charge < -0.3 is 4.74 Å². The van der Waals surface area contributed by atoms with E-state index >= 15 is 0 Å². The fourth-order valence-corrected chi connectivity index (χ4v) is 2.96. The molecule has 0 aromatic heterocycles. The maximum atomic E-state index is 12.2. The molecule has 24 heavy (non-hydrogen) atoms. The van der Waals surface area contributed by atoms with E-state index in [0.717, 1.165) is 11.5 Å². The summed E-state index contributed by atoms with van der Waals surface area (Å²) in [4.78, 5) is 27.1. The van der Waals surface area contributed by atoms with Gasteiger partial charge in [-0.25, -0.2) is 0 Å². The zero-order valence-corrected chi connectivity index (χ0v) is 13.9. The van der Waals surface area contributed by atoms with Gasteiger partial charge in [0.2, 0.25) is 5.17 Å². The Morgan fingerprint density at radius 2 is 2.08 bits per heavy atom. The number of ether oxygens (including phenoxy) is 1. The molecule has 1 amide bonds. The molecule has 3 rings (SSSR count). The number of carbonyl (C=O) groups is 2. The van der Waals surface area contributed by atoms with Gasteiger partial charge in [0.25, 0.3) is 5.91 Å². The molecule has 1 aromatic carbocycles. The van der Waals surface area contributed by atoms with Crippen LogP contribution in [-0.2, 0) is 9.59 Å². The van der Waals surface area contributed by atoms with Gasteiger partial charge in [-0.05, 0) is 42.0 Å². The van der Waals surface area contributed by atoms with Gasteiger partial charge in [0.1, 0.15) is 10.8 Å². The van der Waals surface area contributed by atoms with Gasteiger partial charge in [0, 0.05) is 6.92 Å². The fraction of sp³-hybridized carbons (Fsp3) is 0.188. The van der Waals surface area contributed by atoms with Crippen LogP contribution in [0.2, 0.25) is 0 Å². The SMILES string of the molecule is CCC1=NN2C(=N)/C(=C\c3ccc(OC(C)=O)cc3)C(=O)N=C2S1. The first-order valence-corrected chi connectivity index (χ1v) is 8.07. The number of rotatable bonds is 3. The van der Waals surface area contributed by atoms with Gasteiger partial charge in [0.15, 0.2) is 5.84 Å². The summed E-state index contributed by atoms with van der Waals surface area (Å²) in [6.45, 7) is 3.28. The third kappa shape index (κ3) is 3.13. The van der Waals surface area contributed by atoms with Gasteiger partial charge >= 0.3 is 5.97 Å². The molecule has 1 aromatic rings. The van der Waals surface area contributed by atoms with Crippen molar-refractivity contribution in [2.24, 2.45) is 10.1 Å². The summed E-state index contributed by atoms with van der Waals surface area (Å²) in [6.07, 6.45) is 2.30. The van der Waals surface area contributed by atoms with Crippen molar-refractivity contribution in [1.29, 1.82) is 5.41 Å². The van der Waals surface area contributed by atoms with E-state index in [1.165, 1.54) is 23.7 Å². The highest BCUT2D eigenvalue weighted by Crippen LogP contribution is 2.29. The molecule has 0 bridgehead atoms. The molecular weight excluding hydrogens is 328 g/mol. The smallest absolute Gasteiger partial charge is 0.308 e. The van der Waals surface area contributed by atoms with E-state index in [1.807, 2.05) is 6.92 Å². The molecule has 122 valence electrons. The van der Waals surface area contributed by atoms with Crippen LogP contribution in [-0.4, -0.2) is 32.9 Å². The van der Waals surface area contributed by atoms with E-state index < -0.39 is 11.9 Å². The Morgan fingerprint density at radius 3 is 2.71 bits per heavy atom. The molecule has 2 aliphatic rings. The number of nitrogens with one attached hydrogen (secondary N) is 1. The topological polar surface area (TPSA) is 95.2 Å². The van der Waals surface area contributed by atoms with Gasteiger partial charge in [-0.1, -0.05) is 19.1 Å². The third-order valence-electron chi connectivity index (χ3n) is 3.25. The number of nitrogens with zero attached hydrogens (tertiary/aromatic N) is 3. The third-order valence-corrected chi connectivity index (χ3v) is 4.30. The largest absolute Gasteiger partial charge is 0.427 e. The van der Waals surface area contributed by atoms with Gasteiger partial charge in [-0.2, -0.15) is 15.1 Å². The highest BCUT2D eigenvalue weighted by molar-refractivity contribution is 8.26. The molecule has 2 aliphatic heterocycles. The van der Waals surface area contributed by atoms with E-state index in [4.69, 9.17) is 10.1 Å². The number of amides is 1. The molecule has 0 spiro atoms. The number of fused-ring (bicyclic) bond motifs is 1. The Morgan fingerprint density at radius 1 is 1.38 bits per heavy atom. The summed E-state index contributed by atoms with van der Waals surface area (Å²) in [5.41, 5.74) is 0.866. The number of amidine groups is 2. The van der Waals surface area contributed by atoms with Crippen LogP contribution < -0.4 is 4.74 Å². The Hall–Kier alpha value is -2.74. The molecule has 0 unspecified atom stereocenters. The minimum absolute atomic E-state index is 0.00464. The number of hydrogen-bond acceptors (Lipinski definition) is 6. The Labute approximate surface area is 142 Å². The second kappa shape index (κ2) is 6.40. The maximum absolute atomic E-state index is 12.2. The van der Waals surface area contributed by atoms with E-state index in [9.17, 15) is 9.59 Å². The molecule has 0 atom stereocenters. The molecule has 0 radical (unpaired) electrons. The number of hydrazone groups is 1. The number of benzene rings is 1. The van der Waals surface area contributed by atoms with Crippen molar-refractivity contribution in [3.63, 3.8) is 0 Å². The Bertz CT molecular complexity index is 824. The first-order chi connectivity index (χ1) is 11.5. The molecule has 2 heterocycles. The zero-order chi connectivity index (χ0) is 17.3. The lowest BCUT2D eigenvalue weighted by molar-refractivity contribution is -0.131. The van der Waals surface area contributed by atoms with E-state index in [1.54, 1.807) is 30.3 Å². The lowest BCUT2D eigenvalue weighted by atomic mass is 10.1. The van der Waals surface area contributed by atoms with Crippen molar-refractivity contribution in [3.05, 3.63) is 35.4 Å². The molecule has 0 fully saturated rings. The van der Waals surface area contributed by atoms with Crippen LogP contribution in [0.4, 0.5) is 0 Å². The fourth-order valence-electron chi connectivity index (χ4n) is 2.14. The number of esters is 1. The van der Waals surface area contributed by atoms with Crippen LogP contribution in [0.3, 0.4) is 0 Å². The van der Waals surface area contributed by atoms with Crippen LogP contribution in [0.1, 0.15) is 25.8 Å². The van der Waals surface area contributed by atoms with E-state index in [0.29, 0.717) is 16.5 Å². The summed E-state index contributed by atoms with van der Waals surface area (Å²) in [6, 6.07) is 6.64. The van der Waals surface area contributed by atoms with Crippen molar-refractivity contribution in [1.82, 2.24) is 5.01 Å². The van der Waals surface area contributed by atoms with Crippen LogP contribution in [0, 0.1) is 5.41 Å². The molecule has 0 saturated carbocycles. The standard InChI is InChI=1S/C16H14N4O3S/c1-3-13-19-20-14(17)12(15(22)18-16(20)24-13)8-10-4-6-11(7-5-10)23-9(2)21/h4-8,17H,3H2,1-2H3/b12-8+,17-14?. The van der Waals surface area contributed by atoms with E-state index in [-0.39, 0.29) is 11.4 Å². The van der Waals surface area contributed by atoms with Crippen molar-refractivity contribution in [2.75, 3.05) is 0 Å². The number of aliphatic imine (C=N–C) groups is 1. The maximum Gasteiger partial charge on any atom is 0.308 e. The van der Waals surface area contributed by atoms with Crippen LogP contribution >= 0.6 is 11.8 Å². The molecule has 8 heteroatoms. The second-order valence-electron chi connectivity index (χ2n) is 5.03. The monoisotopic (exact) mass is 342 g/mol. The van der Waals surface area contributed by atoms with Gasteiger partial charge in [0.05, 0.1) is 5.57 Å². The average Bonchev–Trinajstić information content (AvgIpc) is 2.95. The summed E-state index contributed by atoms with van der Waals surface area (Å²) < 4.78 is 4.96. The van der Waals surface area contributed by atoms with Crippen LogP contribution in [0.25, 0.3) is 6.08 Å². The number of carbonyl (C=O) groups excluding carboxylic acids is 2. The average molecular weight is 342 g/mol. The summed E-state index contributed by atoms with van der Waals surface area (Å²) in [7, 11) is 0. The van der Waals surface area contributed by atoms with Crippen LogP contribution in [0.15, 0.2) is 39.9 Å². The number of hydrogen-bond donors (Lipinski definition) is 1. The van der Waals surface area contributed by atoms with Crippen molar-refractivity contribution in [2.45, 2.75) is 20.3 Å². The molecule has 1 N–H and O–H groups in total. The normalized spacial score (nSPS) is 18.4. The van der Waals surface area contributed by atoms with Gasteiger partial charge in [-0.15, -0.1) is 0 Å². The van der Waals surface area contributed by atoms with E-state index in [2.05, 4.69) is 10.1 Å². The quantitative estimate of drug-likeness (QED) is 0.517. The molecule has 0 aliphatic carbocycles. The predicted molar refractivity (Wildman–Crippen MR) is 93.1 cm³/mol. The van der Waals surface area contributed by atoms with Crippen LogP contribution in [0.5, 0.6) is 5.75 Å². The highest BCUT2D eigenvalue weighted by atomic mass is 32.2. The minimum Gasteiger partial charge on any atom is -0.427 e. The first kappa shape index (κ1) is 16.1.